The highest BCUT2D eigenvalue weighted by Crippen LogP contribution is 2.37. The molecule has 0 aliphatic carbocycles. The van der Waals surface area contributed by atoms with Crippen molar-refractivity contribution in [2.45, 2.75) is 151 Å². The van der Waals surface area contributed by atoms with Gasteiger partial charge in [0.2, 0.25) is 0 Å². The summed E-state index contributed by atoms with van der Waals surface area (Å²) in [4.78, 5) is 31.6. The number of nitrogens with one attached hydrogen (secondary N) is 1. The number of rotatable bonds is 29. The fraction of sp³-hybridized carbons (Fsp3) is 0.341. The molecule has 0 atom stereocenters. The lowest BCUT2D eigenvalue weighted by Gasteiger charge is -2.16. The molecule has 0 fully saturated rings. The van der Waals surface area contributed by atoms with Crippen molar-refractivity contribution < 1.29 is 14.6 Å². The number of aromatic nitrogens is 9. The Morgan fingerprint density at radius 2 is 1.04 bits per heavy atom. The Balaban J connectivity index is 0.000000166. The van der Waals surface area contributed by atoms with Crippen LogP contribution in [-0.2, 0) is 57.7 Å². The van der Waals surface area contributed by atoms with Crippen LogP contribution in [0.5, 0.6) is 17.2 Å². The summed E-state index contributed by atoms with van der Waals surface area (Å²) < 4.78 is 18.5. The number of anilines is 3. The van der Waals surface area contributed by atoms with Crippen molar-refractivity contribution in [2.24, 2.45) is 5.73 Å². The molecule has 0 unspecified atom stereocenters. The van der Waals surface area contributed by atoms with Crippen LogP contribution in [0.25, 0.3) is 65.8 Å². The number of nitrogens with two attached hydrogens (primary N) is 4. The molecule has 0 saturated heterocycles. The zero-order valence-electron chi connectivity index (χ0n) is 60.7. The first kappa shape index (κ1) is 75.4. The third-order valence-electron chi connectivity index (χ3n) is 18.3. The number of thiocarbonyl (C=S) groups is 1. The lowest BCUT2D eigenvalue weighted by molar-refractivity contribution is 0.356. The molecule has 19 nitrogen and oxygen atoms in total. The number of hydrogen-bond donors (Lipinski definition) is 6. The van der Waals surface area contributed by atoms with E-state index in [0.29, 0.717) is 68.3 Å². The van der Waals surface area contributed by atoms with Gasteiger partial charge in [-0.15, -0.1) is 6.42 Å². The van der Waals surface area contributed by atoms with Gasteiger partial charge >= 0.3 is 0 Å². The summed E-state index contributed by atoms with van der Waals surface area (Å²) in [6.45, 7) is 20.8. The molecular weight excluding hydrogens is 1320 g/mol. The highest BCUT2D eigenvalue weighted by atomic mass is 32.2. The number of aryl methyl sites for hydroxylation is 6. The topological polar surface area (TPSA) is 274 Å². The van der Waals surface area contributed by atoms with Crippen LogP contribution in [-0.4, -0.2) is 92.5 Å². The molecule has 6 aromatic heterocycles. The third-order valence-corrected chi connectivity index (χ3v) is 19.2. The first-order chi connectivity index (χ1) is 49.9. The van der Waals surface area contributed by atoms with E-state index in [1.54, 1.807) is 6.08 Å². The molecule has 10 N–H and O–H groups in total. The van der Waals surface area contributed by atoms with Crippen LogP contribution in [0.4, 0.5) is 17.5 Å². The van der Waals surface area contributed by atoms with E-state index < -0.39 is 0 Å². The highest BCUT2D eigenvalue weighted by molar-refractivity contribution is 8.03. The average molecular weight is 1420 g/mol. The molecule has 0 spiro atoms. The summed E-state index contributed by atoms with van der Waals surface area (Å²) in [6.07, 6.45) is 18.0. The number of thioether (sulfide) groups is 1. The SMILES string of the molecule is C#CCOc1c(C)cc(Cn2c(CCCC)nc3c(N)nc4ccccc4c32)cc1CSC#N.C=CCOc1c(C)cc(Cn2c(CCCC)nc3c(N)nc4ccccc4c32)cc1CN.CCCCc1nc2c(N)nc3ccccc3c2n1Cc1cc(C)c(O)c(CNC(=S)CCCN(C)C)c1. The van der Waals surface area contributed by atoms with Gasteiger partial charge in [-0.25, -0.2) is 29.9 Å². The second kappa shape index (κ2) is 35.5. The molecule has 21 heteroatoms. The number of nitriles is 1. The summed E-state index contributed by atoms with van der Waals surface area (Å²) in [7, 11) is 4.13. The lowest BCUT2D eigenvalue weighted by Crippen LogP contribution is -2.22. The van der Waals surface area contributed by atoms with Crippen LogP contribution < -0.4 is 37.7 Å². The third kappa shape index (κ3) is 17.8. The van der Waals surface area contributed by atoms with Gasteiger partial charge in [0, 0.05) is 90.6 Å². The maximum absolute atomic E-state index is 10.8. The fourth-order valence-electron chi connectivity index (χ4n) is 13.4. The van der Waals surface area contributed by atoms with E-state index in [9.17, 15) is 5.11 Å². The number of benzene rings is 6. The Morgan fingerprint density at radius 1 is 0.621 bits per heavy atom. The summed E-state index contributed by atoms with van der Waals surface area (Å²) in [5, 5.41) is 28.5. The van der Waals surface area contributed by atoms with E-state index in [4.69, 9.17) is 71.3 Å². The van der Waals surface area contributed by atoms with Crippen molar-refractivity contribution in [2.75, 3.05) is 51.1 Å². The van der Waals surface area contributed by atoms with Gasteiger partial charge in [-0.1, -0.05) is 144 Å². The number of hydrogen-bond acceptors (Lipinski definition) is 17. The predicted molar refractivity (Wildman–Crippen MR) is 429 cm³/mol. The van der Waals surface area contributed by atoms with E-state index in [0.717, 1.165) is 227 Å². The van der Waals surface area contributed by atoms with Crippen molar-refractivity contribution in [3.63, 3.8) is 0 Å². The standard InChI is InChI=1S/C29H38N6OS.C27H27N5OS.C26H31N5O/c1-5-6-12-24-33-26-27(22-10-7-8-11-23(22)32-29(26)30)35(24)18-20-15-19(2)28(36)21(16-20)17-31-25(37)13-9-14-34(3)4;1-4-6-11-23-31-24-25(21-9-7-8-10-22(21)30-27(24)29)32(23)15-19-13-18(3)26(33-12-5-2)20(14-19)16-34-17-28;1-4-6-11-22-30-23-24(20-9-7-8-10-21(20)29-26(23)28)31(22)16-18-13-17(3)25(32-12-5-2)19(14-18)15-27/h7-8,10-11,15-16,36H,5-6,9,12-14,17-18H2,1-4H3,(H2,30,32)(H,31,37);2,7-10,13-14H,4,6,11-12,15-16H2,1,3H3,(H2,29,30);5,7-10,13-14H,2,4,6,11-12,15-16,27H2,1,3H3,(H2,28,29). The number of pyridine rings is 3. The second-order valence-electron chi connectivity index (χ2n) is 26.4. The number of fused-ring (bicyclic) bond motifs is 9. The molecule has 6 aromatic carbocycles. The van der Waals surface area contributed by atoms with Gasteiger partial charge in [0.15, 0.2) is 17.5 Å². The largest absolute Gasteiger partial charge is 0.507 e. The lowest BCUT2D eigenvalue weighted by atomic mass is 10.0. The molecule has 0 saturated carbocycles. The Bertz CT molecular complexity index is 5120. The summed E-state index contributed by atoms with van der Waals surface area (Å²) in [5.41, 5.74) is 42.1. The molecule has 6 heterocycles. The minimum Gasteiger partial charge on any atom is -0.507 e. The van der Waals surface area contributed by atoms with Crippen molar-refractivity contribution >= 4 is 112 Å². The molecule has 0 aliphatic rings. The Morgan fingerprint density at radius 3 is 1.45 bits per heavy atom. The van der Waals surface area contributed by atoms with Gasteiger partial charge in [0.05, 0.1) is 38.1 Å². The van der Waals surface area contributed by atoms with E-state index in [-0.39, 0.29) is 6.61 Å². The van der Waals surface area contributed by atoms with E-state index in [2.05, 4.69) is 153 Å². The Kier molecular flexibility index (Phi) is 26.0. The Labute approximate surface area is 614 Å². The molecule has 0 aliphatic heterocycles. The number of para-hydroxylation sites is 3. The van der Waals surface area contributed by atoms with Gasteiger partial charge in [-0.2, -0.15) is 5.26 Å². The normalized spacial score (nSPS) is 11.3. The number of aromatic hydroxyl groups is 1. The van der Waals surface area contributed by atoms with Gasteiger partial charge in [-0.05, 0) is 155 Å². The van der Waals surface area contributed by atoms with Gasteiger partial charge in [-0.3, -0.25) is 0 Å². The second-order valence-corrected chi connectivity index (χ2v) is 27.6. The fourth-order valence-corrected chi connectivity index (χ4v) is 14.1. The number of ether oxygens (including phenoxy) is 2. The molecule has 0 bridgehead atoms. The van der Waals surface area contributed by atoms with Crippen LogP contribution in [0.15, 0.2) is 122 Å². The monoisotopic (exact) mass is 1420 g/mol. The molecule has 103 heavy (non-hydrogen) atoms. The number of phenolic OH excluding ortho intramolecular Hbond substituents is 1. The summed E-state index contributed by atoms with van der Waals surface area (Å²) in [6, 6.07) is 36.9. The molecule has 534 valence electrons. The maximum atomic E-state index is 10.8. The minimum absolute atomic E-state index is 0.190. The molecular formula is C82H96N16O3S2. The smallest absolute Gasteiger partial charge is 0.152 e. The van der Waals surface area contributed by atoms with Crippen molar-refractivity contribution in [1.29, 1.82) is 5.26 Å². The quantitative estimate of drug-likeness (QED) is 0.0110. The molecule has 12 rings (SSSR count). The summed E-state index contributed by atoms with van der Waals surface area (Å²) >= 11 is 6.72. The van der Waals surface area contributed by atoms with Crippen LogP contribution in [0.3, 0.4) is 0 Å². The van der Waals surface area contributed by atoms with Gasteiger partial charge in [0.1, 0.15) is 69.9 Å². The van der Waals surface area contributed by atoms with E-state index in [1.807, 2.05) is 68.4 Å². The van der Waals surface area contributed by atoms with Crippen molar-refractivity contribution in [1.82, 2.24) is 53.8 Å². The molecule has 12 aromatic rings. The van der Waals surface area contributed by atoms with Crippen LogP contribution in [0.1, 0.15) is 140 Å². The van der Waals surface area contributed by atoms with Gasteiger partial charge < -0.3 is 61.4 Å². The van der Waals surface area contributed by atoms with Crippen LogP contribution >= 0.6 is 24.0 Å². The number of imidazole rings is 3. The number of phenols is 1. The minimum atomic E-state index is 0.190. The number of nitrogens with zero attached hydrogens (tertiary/aromatic N) is 11. The van der Waals surface area contributed by atoms with E-state index in [1.165, 1.54) is 11.8 Å². The first-order valence-electron chi connectivity index (χ1n) is 35.5. The highest BCUT2D eigenvalue weighted by Gasteiger charge is 2.23. The summed E-state index contributed by atoms with van der Waals surface area (Å²) in [5.74, 6) is 9.38. The van der Waals surface area contributed by atoms with Crippen LogP contribution in [0.2, 0.25) is 0 Å². The average Bonchev–Trinajstić information content (AvgIpc) is 1.63. The van der Waals surface area contributed by atoms with Crippen LogP contribution in [0, 0.1) is 43.8 Å². The maximum Gasteiger partial charge on any atom is 0.152 e. The van der Waals surface area contributed by atoms with Crippen molar-refractivity contribution in [3.8, 4) is 35.0 Å². The Hall–Kier alpha value is -10.3. The number of unbranched alkanes of at least 4 members (excludes halogenated alkanes) is 3. The van der Waals surface area contributed by atoms with E-state index >= 15 is 0 Å². The number of thiocyanates is 1. The molecule has 0 amide bonds. The van der Waals surface area contributed by atoms with Gasteiger partial charge in [0.25, 0.3) is 0 Å². The van der Waals surface area contributed by atoms with Crippen molar-refractivity contribution in [3.05, 3.63) is 189 Å². The first-order valence-corrected chi connectivity index (χ1v) is 36.9. The number of terminal acetylenes is 1. The molecule has 0 radical (unpaired) electrons. The zero-order chi connectivity index (χ0) is 73.3. The zero-order valence-corrected chi connectivity index (χ0v) is 62.3. The predicted octanol–water partition coefficient (Wildman–Crippen LogP) is 15.8. The number of nitrogen functional groups attached to an aromatic ring is 3.